The van der Waals surface area contributed by atoms with Crippen LogP contribution in [0.15, 0.2) is 42.5 Å². The maximum absolute atomic E-state index is 11.6. The normalized spacial score (nSPS) is 12.9. The summed E-state index contributed by atoms with van der Waals surface area (Å²) in [6.45, 7) is 1.66. The van der Waals surface area contributed by atoms with Gasteiger partial charge >= 0.3 is 0 Å². The lowest BCUT2D eigenvalue weighted by Gasteiger charge is -2.21. The third-order valence-electron chi connectivity index (χ3n) is 3.34. The predicted octanol–water partition coefficient (Wildman–Crippen LogP) is 2.90. The molecular formula is C16H19NO. The van der Waals surface area contributed by atoms with E-state index < -0.39 is 0 Å². The molecule has 0 saturated heterocycles. The van der Waals surface area contributed by atoms with Crippen LogP contribution in [-0.4, -0.2) is 30.8 Å². The summed E-state index contributed by atoms with van der Waals surface area (Å²) in [5.41, 5.74) is 1.21. The second-order valence-corrected chi connectivity index (χ2v) is 4.98. The Balaban J connectivity index is 2.28. The van der Waals surface area contributed by atoms with Gasteiger partial charge in [0, 0.05) is 0 Å². The highest BCUT2D eigenvalue weighted by molar-refractivity contribution is 5.84. The fourth-order valence-corrected chi connectivity index (χ4v) is 2.28. The highest BCUT2D eigenvalue weighted by atomic mass is 16.1. The van der Waals surface area contributed by atoms with Crippen molar-refractivity contribution in [3.8, 4) is 0 Å². The molecule has 0 radical (unpaired) electrons. The summed E-state index contributed by atoms with van der Waals surface area (Å²) in [6.07, 6.45) is 0.771. The Bertz CT molecular complexity index is 560. The number of nitrogens with zero attached hydrogens (tertiary/aromatic N) is 1. The second-order valence-electron chi connectivity index (χ2n) is 4.98. The third-order valence-corrected chi connectivity index (χ3v) is 3.34. The monoisotopic (exact) mass is 241 g/mol. The zero-order valence-electron chi connectivity index (χ0n) is 11.2. The van der Waals surface area contributed by atoms with Gasteiger partial charge in [-0.15, -0.1) is 0 Å². The number of rotatable bonds is 4. The first-order valence-electron chi connectivity index (χ1n) is 6.22. The van der Waals surface area contributed by atoms with Crippen molar-refractivity contribution in [2.24, 2.45) is 0 Å². The molecule has 0 saturated carbocycles. The van der Waals surface area contributed by atoms with Crippen molar-refractivity contribution >= 4 is 16.6 Å². The van der Waals surface area contributed by atoms with Crippen molar-refractivity contribution in [1.29, 1.82) is 0 Å². The van der Waals surface area contributed by atoms with E-state index in [-0.39, 0.29) is 11.8 Å². The van der Waals surface area contributed by atoms with Crippen molar-refractivity contribution in [2.45, 2.75) is 19.4 Å². The molecule has 0 aromatic heterocycles. The molecule has 0 unspecified atom stereocenters. The highest BCUT2D eigenvalue weighted by Gasteiger charge is 2.16. The Morgan fingerprint density at radius 1 is 1.11 bits per heavy atom. The van der Waals surface area contributed by atoms with Crippen molar-refractivity contribution in [2.75, 3.05) is 14.1 Å². The molecule has 0 aliphatic carbocycles. The van der Waals surface area contributed by atoms with Crippen LogP contribution >= 0.6 is 0 Å². The zero-order chi connectivity index (χ0) is 13.1. The maximum atomic E-state index is 11.6. The quantitative estimate of drug-likeness (QED) is 0.820. The van der Waals surface area contributed by atoms with Gasteiger partial charge in [-0.1, -0.05) is 42.5 Å². The van der Waals surface area contributed by atoms with Crippen LogP contribution in [0.2, 0.25) is 0 Å². The molecule has 2 rings (SSSR count). The summed E-state index contributed by atoms with van der Waals surface area (Å²) < 4.78 is 0. The van der Waals surface area contributed by atoms with Crippen LogP contribution in [0.4, 0.5) is 0 Å². The van der Waals surface area contributed by atoms with E-state index in [0.29, 0.717) is 0 Å². The van der Waals surface area contributed by atoms with Crippen molar-refractivity contribution in [1.82, 2.24) is 4.90 Å². The molecular weight excluding hydrogens is 222 g/mol. The number of hydrogen-bond donors (Lipinski definition) is 0. The third kappa shape index (κ3) is 2.77. The van der Waals surface area contributed by atoms with Gasteiger partial charge in [0.2, 0.25) is 0 Å². The summed E-state index contributed by atoms with van der Waals surface area (Å²) in [5.74, 6) is 0.216. The van der Waals surface area contributed by atoms with E-state index in [1.807, 2.05) is 31.1 Å². The highest BCUT2D eigenvalue weighted by Crippen LogP contribution is 2.17. The van der Waals surface area contributed by atoms with Crippen molar-refractivity contribution < 1.29 is 4.79 Å². The largest absolute Gasteiger partial charge is 0.299 e. The molecule has 0 fully saturated rings. The van der Waals surface area contributed by atoms with E-state index >= 15 is 0 Å². The summed E-state index contributed by atoms with van der Waals surface area (Å²) in [7, 11) is 3.90. The summed E-state index contributed by atoms with van der Waals surface area (Å²) in [6, 6.07) is 14.7. The van der Waals surface area contributed by atoms with Gasteiger partial charge in [0.05, 0.1) is 6.04 Å². The van der Waals surface area contributed by atoms with Crippen LogP contribution in [0.25, 0.3) is 10.8 Å². The Labute approximate surface area is 108 Å². The van der Waals surface area contributed by atoms with Gasteiger partial charge in [0.25, 0.3) is 0 Å². The molecule has 2 aromatic carbocycles. The van der Waals surface area contributed by atoms with E-state index in [9.17, 15) is 4.79 Å². The first kappa shape index (κ1) is 12.8. The van der Waals surface area contributed by atoms with Gasteiger partial charge < -0.3 is 0 Å². The van der Waals surface area contributed by atoms with E-state index in [1.165, 1.54) is 16.3 Å². The number of benzene rings is 2. The lowest BCUT2D eigenvalue weighted by molar-refractivity contribution is -0.121. The second kappa shape index (κ2) is 5.32. The van der Waals surface area contributed by atoms with Gasteiger partial charge in [-0.25, -0.2) is 0 Å². The number of fused-ring (bicyclic) bond motifs is 1. The van der Waals surface area contributed by atoms with Gasteiger partial charge in [-0.2, -0.15) is 0 Å². The van der Waals surface area contributed by atoms with Gasteiger partial charge in [0.15, 0.2) is 0 Å². The predicted molar refractivity (Wildman–Crippen MR) is 75.8 cm³/mol. The van der Waals surface area contributed by atoms with Crippen molar-refractivity contribution in [3.63, 3.8) is 0 Å². The molecule has 2 heteroatoms. The molecule has 94 valence electrons. The van der Waals surface area contributed by atoms with Gasteiger partial charge in [0.1, 0.15) is 5.78 Å². The van der Waals surface area contributed by atoms with Crippen LogP contribution < -0.4 is 0 Å². The van der Waals surface area contributed by atoms with Gasteiger partial charge in [-0.3, -0.25) is 9.69 Å². The molecule has 2 nitrogen and oxygen atoms in total. The number of hydrogen-bond acceptors (Lipinski definition) is 2. The summed E-state index contributed by atoms with van der Waals surface area (Å²) in [5, 5.41) is 2.47. The average Bonchev–Trinajstić information content (AvgIpc) is 2.35. The Morgan fingerprint density at radius 3 is 2.39 bits per heavy atom. The maximum Gasteiger partial charge on any atom is 0.147 e. The smallest absolute Gasteiger partial charge is 0.147 e. The van der Waals surface area contributed by atoms with Crippen LogP contribution in [0, 0.1) is 0 Å². The zero-order valence-corrected chi connectivity index (χ0v) is 11.2. The fourth-order valence-electron chi connectivity index (χ4n) is 2.28. The topological polar surface area (TPSA) is 20.3 Å². The fraction of sp³-hybridized carbons (Fsp3) is 0.312. The molecule has 1 atom stereocenters. The number of Topliss-reactive ketones (excluding diaryl/α,β-unsaturated/α-hetero) is 1. The summed E-state index contributed by atoms with van der Waals surface area (Å²) >= 11 is 0. The lowest BCUT2D eigenvalue weighted by Crippen LogP contribution is -2.36. The Hall–Kier alpha value is -1.67. The standard InChI is InChI=1S/C16H19NO/c1-12(18)16(17(2)3)11-13-8-9-14-6-4-5-7-15(14)10-13/h4-10,16H,11H2,1-3H3/t16-/m0/s1. The van der Waals surface area contributed by atoms with Gasteiger partial charge in [-0.05, 0) is 43.8 Å². The minimum Gasteiger partial charge on any atom is -0.299 e. The molecule has 0 heterocycles. The number of likely N-dealkylation sites (N-methyl/N-ethyl adjacent to an activating group) is 1. The number of ketones is 1. The van der Waals surface area contributed by atoms with E-state index in [0.717, 1.165) is 6.42 Å². The number of carbonyl (C=O) groups excluding carboxylic acids is 1. The Morgan fingerprint density at radius 2 is 1.78 bits per heavy atom. The molecule has 0 spiro atoms. The Kier molecular flexibility index (Phi) is 3.78. The molecule has 0 bridgehead atoms. The number of carbonyl (C=O) groups is 1. The van der Waals surface area contributed by atoms with Crippen LogP contribution in [-0.2, 0) is 11.2 Å². The minimum absolute atomic E-state index is 0.0360. The molecule has 18 heavy (non-hydrogen) atoms. The lowest BCUT2D eigenvalue weighted by atomic mass is 9.99. The molecule has 0 amide bonds. The van der Waals surface area contributed by atoms with Crippen LogP contribution in [0.1, 0.15) is 12.5 Å². The van der Waals surface area contributed by atoms with E-state index in [4.69, 9.17) is 0 Å². The first-order chi connectivity index (χ1) is 8.58. The first-order valence-corrected chi connectivity index (χ1v) is 6.22. The summed E-state index contributed by atoms with van der Waals surface area (Å²) in [4.78, 5) is 13.6. The molecule has 0 aliphatic heterocycles. The van der Waals surface area contributed by atoms with Crippen LogP contribution in [0.5, 0.6) is 0 Å². The average molecular weight is 241 g/mol. The van der Waals surface area contributed by atoms with E-state index in [2.05, 4.69) is 30.3 Å². The molecule has 0 N–H and O–H groups in total. The minimum atomic E-state index is -0.0360. The molecule has 0 aliphatic rings. The van der Waals surface area contributed by atoms with Crippen molar-refractivity contribution in [3.05, 3.63) is 48.0 Å². The molecule has 2 aromatic rings. The SMILES string of the molecule is CC(=O)[C@H](Cc1ccc2ccccc2c1)N(C)C. The van der Waals surface area contributed by atoms with E-state index in [1.54, 1.807) is 6.92 Å². The van der Waals surface area contributed by atoms with Crippen LogP contribution in [0.3, 0.4) is 0 Å².